The van der Waals surface area contributed by atoms with Crippen LogP contribution in [0.2, 0.25) is 0 Å². The minimum atomic E-state index is -2.40. The van der Waals surface area contributed by atoms with Crippen LogP contribution in [0.15, 0.2) is 35.5 Å². The molecule has 0 saturated heterocycles. The van der Waals surface area contributed by atoms with E-state index in [-0.39, 0.29) is 0 Å². The summed E-state index contributed by atoms with van der Waals surface area (Å²) in [6.45, 7) is 1.92. The molecular weight excluding hydrogens is 268 g/mol. The number of thioether (sulfide) groups is 1. The fourth-order valence-corrected chi connectivity index (χ4v) is 2.29. The lowest BCUT2D eigenvalue weighted by atomic mass is 10.1. The number of rotatable bonds is 4. The van der Waals surface area contributed by atoms with Gasteiger partial charge in [-0.3, -0.25) is 0 Å². The third-order valence-electron chi connectivity index (χ3n) is 2.67. The van der Waals surface area contributed by atoms with Crippen LogP contribution in [0.25, 0.3) is 11.3 Å². The van der Waals surface area contributed by atoms with Gasteiger partial charge in [-0.25, -0.2) is 9.97 Å². The largest absolute Gasteiger partial charge is 0.373 e. The van der Waals surface area contributed by atoms with Gasteiger partial charge in [-0.1, -0.05) is 23.9 Å². The molecule has 1 aromatic carbocycles. The van der Waals surface area contributed by atoms with E-state index >= 15 is 0 Å². The number of anilines is 1. The molecule has 1 N–H and O–H groups in total. The van der Waals surface area contributed by atoms with Gasteiger partial charge in [0.25, 0.3) is 5.76 Å². The van der Waals surface area contributed by atoms with Gasteiger partial charge in [-0.15, -0.1) is 0 Å². The zero-order valence-electron chi connectivity index (χ0n) is 10.5. The Morgan fingerprint density at radius 2 is 1.84 bits per heavy atom. The highest BCUT2D eigenvalue weighted by molar-refractivity contribution is 7.99. The van der Waals surface area contributed by atoms with Crippen molar-refractivity contribution >= 4 is 17.6 Å². The van der Waals surface area contributed by atoms with Crippen LogP contribution in [0.1, 0.15) is 5.56 Å². The average Bonchev–Trinajstić information content (AvgIpc) is 2.39. The third kappa shape index (κ3) is 3.20. The Labute approximate surface area is 114 Å². The standard InChI is InChI=1S/C13H13F2N3S/c1-8-11(17-7-18-12(8)16-2)9-3-5-10(6-4-9)19-13(14)15/h3-7,13H,1-2H3,(H,16,17,18). The molecule has 0 aliphatic rings. The van der Waals surface area contributed by atoms with Gasteiger partial charge in [0.15, 0.2) is 0 Å². The van der Waals surface area contributed by atoms with Crippen molar-refractivity contribution in [2.75, 3.05) is 12.4 Å². The summed E-state index contributed by atoms with van der Waals surface area (Å²) in [5, 5.41) is 2.99. The first kappa shape index (κ1) is 13.7. The third-order valence-corrected chi connectivity index (χ3v) is 3.40. The Balaban J connectivity index is 2.32. The van der Waals surface area contributed by atoms with E-state index in [0.29, 0.717) is 16.7 Å². The molecule has 0 amide bonds. The second-order valence-corrected chi connectivity index (χ2v) is 4.91. The van der Waals surface area contributed by atoms with Gasteiger partial charge in [0.05, 0.1) is 5.69 Å². The SMILES string of the molecule is CNc1ncnc(-c2ccc(SC(F)F)cc2)c1C. The van der Waals surface area contributed by atoms with E-state index in [1.54, 1.807) is 31.3 Å². The molecule has 0 bridgehead atoms. The second kappa shape index (κ2) is 5.97. The van der Waals surface area contributed by atoms with E-state index in [1.807, 2.05) is 6.92 Å². The predicted octanol–water partition coefficient (Wildman–Crippen LogP) is 3.81. The Morgan fingerprint density at radius 1 is 1.16 bits per heavy atom. The van der Waals surface area contributed by atoms with Crippen molar-refractivity contribution in [1.82, 2.24) is 9.97 Å². The molecule has 1 aromatic heterocycles. The number of alkyl halides is 2. The Morgan fingerprint density at radius 3 is 2.42 bits per heavy atom. The summed E-state index contributed by atoms with van der Waals surface area (Å²) in [5.41, 5.74) is 2.61. The minimum absolute atomic E-state index is 0.536. The highest BCUT2D eigenvalue weighted by Crippen LogP contribution is 2.29. The van der Waals surface area contributed by atoms with Crippen molar-refractivity contribution in [2.24, 2.45) is 0 Å². The number of nitrogens with one attached hydrogen (secondary N) is 1. The first-order valence-electron chi connectivity index (χ1n) is 5.66. The van der Waals surface area contributed by atoms with Crippen LogP contribution in [0, 0.1) is 6.92 Å². The summed E-state index contributed by atoms with van der Waals surface area (Å²) in [5.74, 6) is -1.64. The molecule has 0 unspecified atom stereocenters. The topological polar surface area (TPSA) is 37.8 Å². The molecule has 100 valence electrons. The molecule has 0 atom stereocenters. The number of benzene rings is 1. The number of nitrogens with zero attached hydrogens (tertiary/aromatic N) is 2. The maximum atomic E-state index is 12.2. The van der Waals surface area contributed by atoms with E-state index in [9.17, 15) is 8.78 Å². The molecule has 0 saturated carbocycles. The lowest BCUT2D eigenvalue weighted by Crippen LogP contribution is -1.99. The monoisotopic (exact) mass is 281 g/mol. The fourth-order valence-electron chi connectivity index (χ4n) is 1.79. The van der Waals surface area contributed by atoms with Crippen molar-refractivity contribution in [3.05, 3.63) is 36.2 Å². The molecule has 2 aromatic rings. The molecule has 19 heavy (non-hydrogen) atoms. The molecule has 2 rings (SSSR count). The average molecular weight is 281 g/mol. The quantitative estimate of drug-likeness (QED) is 0.865. The highest BCUT2D eigenvalue weighted by Gasteiger charge is 2.09. The molecule has 0 aliphatic heterocycles. The maximum Gasteiger partial charge on any atom is 0.288 e. The zero-order valence-corrected chi connectivity index (χ0v) is 11.3. The van der Waals surface area contributed by atoms with Crippen LogP contribution in [0.4, 0.5) is 14.6 Å². The van der Waals surface area contributed by atoms with Crippen molar-refractivity contribution in [3.63, 3.8) is 0 Å². The van der Waals surface area contributed by atoms with Crippen LogP contribution in [-0.4, -0.2) is 22.8 Å². The normalized spacial score (nSPS) is 10.8. The van der Waals surface area contributed by atoms with E-state index in [4.69, 9.17) is 0 Å². The predicted molar refractivity (Wildman–Crippen MR) is 73.6 cm³/mol. The summed E-state index contributed by atoms with van der Waals surface area (Å²) in [7, 11) is 1.79. The van der Waals surface area contributed by atoms with Gasteiger partial charge in [0.2, 0.25) is 0 Å². The number of hydrogen-bond donors (Lipinski definition) is 1. The lowest BCUT2D eigenvalue weighted by molar-refractivity contribution is 0.252. The second-order valence-electron chi connectivity index (χ2n) is 3.85. The smallest absolute Gasteiger partial charge is 0.288 e. The van der Waals surface area contributed by atoms with Crippen molar-refractivity contribution in [3.8, 4) is 11.3 Å². The number of aromatic nitrogens is 2. The van der Waals surface area contributed by atoms with Gasteiger partial charge in [-0.2, -0.15) is 8.78 Å². The van der Waals surface area contributed by atoms with Gasteiger partial charge in [0.1, 0.15) is 12.1 Å². The number of halogens is 2. The first-order valence-corrected chi connectivity index (χ1v) is 6.54. The molecule has 6 heteroatoms. The van der Waals surface area contributed by atoms with E-state index in [1.165, 1.54) is 6.33 Å². The zero-order chi connectivity index (χ0) is 13.8. The van der Waals surface area contributed by atoms with Crippen molar-refractivity contribution in [1.29, 1.82) is 0 Å². The van der Waals surface area contributed by atoms with Crippen LogP contribution in [0.5, 0.6) is 0 Å². The van der Waals surface area contributed by atoms with Crippen molar-refractivity contribution < 1.29 is 8.78 Å². The Hall–Kier alpha value is -1.69. The van der Waals surface area contributed by atoms with E-state index in [0.717, 1.165) is 22.6 Å². The van der Waals surface area contributed by atoms with Gasteiger partial charge >= 0.3 is 0 Å². The summed E-state index contributed by atoms with van der Waals surface area (Å²) in [6.07, 6.45) is 1.48. The minimum Gasteiger partial charge on any atom is -0.373 e. The molecule has 0 spiro atoms. The van der Waals surface area contributed by atoms with Gasteiger partial charge in [0, 0.05) is 23.1 Å². The van der Waals surface area contributed by atoms with Crippen LogP contribution in [0.3, 0.4) is 0 Å². The molecule has 3 nitrogen and oxygen atoms in total. The first-order chi connectivity index (χ1) is 9.11. The lowest BCUT2D eigenvalue weighted by Gasteiger charge is -2.09. The summed E-state index contributed by atoms with van der Waals surface area (Å²) >= 11 is 0.536. The summed E-state index contributed by atoms with van der Waals surface area (Å²) in [6, 6.07) is 6.93. The molecular formula is C13H13F2N3S. The fraction of sp³-hybridized carbons (Fsp3) is 0.231. The van der Waals surface area contributed by atoms with E-state index in [2.05, 4.69) is 15.3 Å². The summed E-state index contributed by atoms with van der Waals surface area (Å²) in [4.78, 5) is 8.90. The highest BCUT2D eigenvalue weighted by atomic mass is 32.2. The summed E-state index contributed by atoms with van der Waals surface area (Å²) < 4.78 is 24.5. The van der Waals surface area contributed by atoms with Gasteiger partial charge in [-0.05, 0) is 19.1 Å². The van der Waals surface area contributed by atoms with Crippen molar-refractivity contribution in [2.45, 2.75) is 17.6 Å². The van der Waals surface area contributed by atoms with Crippen LogP contribution in [-0.2, 0) is 0 Å². The molecule has 0 radical (unpaired) electrons. The van der Waals surface area contributed by atoms with Crippen LogP contribution >= 0.6 is 11.8 Å². The molecule has 1 heterocycles. The molecule has 0 aliphatic carbocycles. The Kier molecular flexibility index (Phi) is 4.31. The number of hydrogen-bond acceptors (Lipinski definition) is 4. The van der Waals surface area contributed by atoms with Gasteiger partial charge < -0.3 is 5.32 Å². The van der Waals surface area contributed by atoms with Crippen LogP contribution < -0.4 is 5.32 Å². The Bertz CT molecular complexity index is 558. The molecule has 0 fully saturated rings. The van der Waals surface area contributed by atoms with E-state index < -0.39 is 5.76 Å². The maximum absolute atomic E-state index is 12.2.